The first kappa shape index (κ1) is 14.3. The molecule has 1 unspecified atom stereocenters. The van der Waals surface area contributed by atoms with Crippen molar-refractivity contribution in [1.82, 2.24) is 9.97 Å². The van der Waals surface area contributed by atoms with Gasteiger partial charge in [-0.1, -0.05) is 30.3 Å². The number of benzene rings is 1. The van der Waals surface area contributed by atoms with E-state index in [1.54, 1.807) is 12.3 Å². The SMILES string of the molecule is CC(C)Oc1ccnc(NC(CN)c2ccccc2)n1. The maximum Gasteiger partial charge on any atom is 0.226 e. The summed E-state index contributed by atoms with van der Waals surface area (Å²) in [7, 11) is 0. The van der Waals surface area contributed by atoms with Gasteiger partial charge in [0, 0.05) is 18.8 Å². The van der Waals surface area contributed by atoms with E-state index in [1.165, 1.54) is 0 Å². The second-order valence-electron chi connectivity index (χ2n) is 4.73. The molecule has 5 nitrogen and oxygen atoms in total. The number of nitrogens with one attached hydrogen (secondary N) is 1. The van der Waals surface area contributed by atoms with Crippen molar-refractivity contribution in [2.24, 2.45) is 5.73 Å². The van der Waals surface area contributed by atoms with Gasteiger partial charge in [0.05, 0.1) is 12.1 Å². The van der Waals surface area contributed by atoms with Gasteiger partial charge in [-0.2, -0.15) is 4.98 Å². The first-order valence-corrected chi connectivity index (χ1v) is 6.70. The Labute approximate surface area is 119 Å². The molecule has 106 valence electrons. The molecule has 0 saturated carbocycles. The van der Waals surface area contributed by atoms with E-state index in [0.29, 0.717) is 18.4 Å². The molecular weight excluding hydrogens is 252 g/mol. The number of nitrogens with two attached hydrogens (primary N) is 1. The third kappa shape index (κ3) is 3.93. The Hall–Kier alpha value is -2.14. The van der Waals surface area contributed by atoms with Gasteiger partial charge in [-0.15, -0.1) is 0 Å². The van der Waals surface area contributed by atoms with Crippen molar-refractivity contribution in [2.75, 3.05) is 11.9 Å². The zero-order valence-electron chi connectivity index (χ0n) is 11.8. The van der Waals surface area contributed by atoms with Gasteiger partial charge < -0.3 is 15.8 Å². The molecule has 0 amide bonds. The highest BCUT2D eigenvalue weighted by atomic mass is 16.5. The number of rotatable bonds is 6. The molecule has 2 aromatic rings. The molecule has 0 bridgehead atoms. The van der Waals surface area contributed by atoms with Crippen molar-refractivity contribution in [3.05, 3.63) is 48.2 Å². The fourth-order valence-corrected chi connectivity index (χ4v) is 1.84. The molecule has 1 atom stereocenters. The molecule has 0 aliphatic rings. The molecule has 20 heavy (non-hydrogen) atoms. The zero-order chi connectivity index (χ0) is 14.4. The van der Waals surface area contributed by atoms with Crippen molar-refractivity contribution >= 4 is 5.95 Å². The second kappa shape index (κ2) is 6.86. The van der Waals surface area contributed by atoms with Crippen LogP contribution in [0, 0.1) is 0 Å². The summed E-state index contributed by atoms with van der Waals surface area (Å²) in [5.74, 6) is 1.07. The minimum absolute atomic E-state index is 0.0227. The van der Waals surface area contributed by atoms with Crippen molar-refractivity contribution in [3.8, 4) is 5.88 Å². The third-order valence-electron chi connectivity index (χ3n) is 2.73. The molecule has 5 heteroatoms. The molecule has 0 radical (unpaired) electrons. The average Bonchev–Trinajstić information content (AvgIpc) is 2.45. The molecule has 0 aliphatic heterocycles. The molecule has 0 fully saturated rings. The Morgan fingerprint density at radius 2 is 1.95 bits per heavy atom. The number of hydrogen-bond donors (Lipinski definition) is 2. The van der Waals surface area contributed by atoms with Crippen LogP contribution in [0.15, 0.2) is 42.6 Å². The standard InChI is InChI=1S/C15H20N4O/c1-11(2)20-14-8-9-17-15(19-14)18-13(10-16)12-6-4-3-5-7-12/h3-9,11,13H,10,16H2,1-2H3,(H,17,18,19). The quantitative estimate of drug-likeness (QED) is 0.844. The minimum Gasteiger partial charge on any atom is -0.475 e. The molecule has 0 spiro atoms. The summed E-state index contributed by atoms with van der Waals surface area (Å²) in [5.41, 5.74) is 6.93. The van der Waals surface area contributed by atoms with Gasteiger partial charge in [-0.25, -0.2) is 4.98 Å². The molecular formula is C15H20N4O. The Morgan fingerprint density at radius 1 is 1.20 bits per heavy atom. The first-order chi connectivity index (χ1) is 9.69. The van der Waals surface area contributed by atoms with Crippen LogP contribution in [-0.2, 0) is 0 Å². The van der Waals surface area contributed by atoms with E-state index in [0.717, 1.165) is 5.56 Å². The average molecular weight is 272 g/mol. The maximum absolute atomic E-state index is 5.82. The third-order valence-corrected chi connectivity index (χ3v) is 2.73. The Morgan fingerprint density at radius 3 is 2.60 bits per heavy atom. The lowest BCUT2D eigenvalue weighted by atomic mass is 10.1. The van der Waals surface area contributed by atoms with Crippen LogP contribution in [0.3, 0.4) is 0 Å². The van der Waals surface area contributed by atoms with Crippen molar-refractivity contribution in [1.29, 1.82) is 0 Å². The van der Waals surface area contributed by atoms with Crippen molar-refractivity contribution < 1.29 is 4.74 Å². The lowest BCUT2D eigenvalue weighted by Gasteiger charge is -2.17. The van der Waals surface area contributed by atoms with Gasteiger partial charge >= 0.3 is 0 Å². The van der Waals surface area contributed by atoms with Gasteiger partial charge in [0.15, 0.2) is 0 Å². The van der Waals surface area contributed by atoms with E-state index in [2.05, 4.69) is 15.3 Å². The molecule has 2 rings (SSSR count). The summed E-state index contributed by atoms with van der Waals surface area (Å²) in [5, 5.41) is 3.23. The smallest absolute Gasteiger partial charge is 0.226 e. The van der Waals surface area contributed by atoms with Crippen LogP contribution < -0.4 is 15.8 Å². The summed E-state index contributed by atoms with van der Waals surface area (Å²) < 4.78 is 5.55. The van der Waals surface area contributed by atoms with E-state index < -0.39 is 0 Å². The highest BCUT2D eigenvalue weighted by Crippen LogP contribution is 2.17. The predicted octanol–water partition coefficient (Wildman–Crippen LogP) is 2.38. The van der Waals surface area contributed by atoms with E-state index in [-0.39, 0.29) is 12.1 Å². The number of hydrogen-bond acceptors (Lipinski definition) is 5. The summed E-state index contributed by atoms with van der Waals surface area (Å²) in [4.78, 5) is 8.53. The Balaban J connectivity index is 2.12. The van der Waals surface area contributed by atoms with Crippen LogP contribution >= 0.6 is 0 Å². The highest BCUT2D eigenvalue weighted by molar-refractivity contribution is 5.33. The topological polar surface area (TPSA) is 73.1 Å². The van der Waals surface area contributed by atoms with Crippen LogP contribution in [0.25, 0.3) is 0 Å². The van der Waals surface area contributed by atoms with Gasteiger partial charge in [-0.3, -0.25) is 0 Å². The zero-order valence-corrected chi connectivity index (χ0v) is 11.8. The number of ether oxygens (including phenoxy) is 1. The maximum atomic E-state index is 5.82. The molecule has 0 aliphatic carbocycles. The fraction of sp³-hybridized carbons (Fsp3) is 0.333. The largest absolute Gasteiger partial charge is 0.475 e. The minimum atomic E-state index is -0.0227. The van der Waals surface area contributed by atoms with E-state index in [4.69, 9.17) is 10.5 Å². The van der Waals surface area contributed by atoms with E-state index in [1.807, 2.05) is 44.2 Å². The monoisotopic (exact) mass is 272 g/mol. The van der Waals surface area contributed by atoms with Crippen LogP contribution in [0.4, 0.5) is 5.95 Å². The molecule has 3 N–H and O–H groups in total. The van der Waals surface area contributed by atoms with Crippen LogP contribution in [0.1, 0.15) is 25.5 Å². The summed E-state index contributed by atoms with van der Waals surface area (Å²) >= 11 is 0. The fourth-order valence-electron chi connectivity index (χ4n) is 1.84. The number of nitrogens with zero attached hydrogens (tertiary/aromatic N) is 2. The first-order valence-electron chi connectivity index (χ1n) is 6.70. The molecule has 1 aromatic heterocycles. The summed E-state index contributed by atoms with van der Waals surface area (Å²) in [6, 6.07) is 11.7. The van der Waals surface area contributed by atoms with E-state index >= 15 is 0 Å². The Kier molecular flexibility index (Phi) is 4.90. The lowest BCUT2D eigenvalue weighted by Crippen LogP contribution is -2.21. The van der Waals surface area contributed by atoms with Gasteiger partial charge in [0.1, 0.15) is 0 Å². The van der Waals surface area contributed by atoms with Crippen molar-refractivity contribution in [2.45, 2.75) is 26.0 Å². The molecule has 1 aromatic carbocycles. The molecule has 0 saturated heterocycles. The lowest BCUT2D eigenvalue weighted by molar-refractivity contribution is 0.232. The van der Waals surface area contributed by atoms with E-state index in [9.17, 15) is 0 Å². The number of aromatic nitrogens is 2. The Bertz CT molecular complexity index is 530. The van der Waals surface area contributed by atoms with Crippen LogP contribution in [0.5, 0.6) is 5.88 Å². The van der Waals surface area contributed by atoms with Crippen molar-refractivity contribution in [3.63, 3.8) is 0 Å². The number of anilines is 1. The van der Waals surface area contributed by atoms with Crippen LogP contribution in [0.2, 0.25) is 0 Å². The molecule has 1 heterocycles. The predicted molar refractivity (Wildman–Crippen MR) is 79.7 cm³/mol. The van der Waals surface area contributed by atoms with Crippen LogP contribution in [-0.4, -0.2) is 22.6 Å². The van der Waals surface area contributed by atoms with Gasteiger partial charge in [0.2, 0.25) is 11.8 Å². The highest BCUT2D eigenvalue weighted by Gasteiger charge is 2.11. The summed E-state index contributed by atoms with van der Waals surface area (Å²) in [6.07, 6.45) is 1.75. The second-order valence-corrected chi connectivity index (χ2v) is 4.73. The van der Waals surface area contributed by atoms with Gasteiger partial charge in [0.25, 0.3) is 0 Å². The summed E-state index contributed by atoms with van der Waals surface area (Å²) in [6.45, 7) is 4.38. The normalized spacial score (nSPS) is 12.2. The van der Waals surface area contributed by atoms with Gasteiger partial charge in [-0.05, 0) is 19.4 Å².